The Morgan fingerprint density at radius 3 is 2.70 bits per heavy atom. The molecule has 2 aromatic carbocycles. The van der Waals surface area contributed by atoms with Gasteiger partial charge in [0.05, 0.1) is 41.9 Å². The second kappa shape index (κ2) is 11.7. The monoisotopic (exact) mass is 536 g/mol. The molecule has 2 amide bonds. The van der Waals surface area contributed by atoms with Crippen molar-refractivity contribution in [2.45, 2.75) is 51.7 Å². The number of nitrogens with zero attached hydrogens (tertiary/aromatic N) is 3. The van der Waals surface area contributed by atoms with Crippen molar-refractivity contribution in [1.82, 2.24) is 15.8 Å². The highest BCUT2D eigenvalue weighted by atomic mass is 16.5. The Morgan fingerprint density at radius 1 is 1.20 bits per heavy atom. The fourth-order valence-electron chi connectivity index (χ4n) is 5.30. The lowest BCUT2D eigenvalue weighted by atomic mass is 9.90. The van der Waals surface area contributed by atoms with E-state index < -0.39 is 5.92 Å². The Labute approximate surface area is 233 Å². The van der Waals surface area contributed by atoms with E-state index in [-0.39, 0.29) is 36.4 Å². The summed E-state index contributed by atoms with van der Waals surface area (Å²) in [5.41, 5.74) is 5.51. The average Bonchev–Trinajstić information content (AvgIpc) is 3.20. The molecule has 5 rings (SSSR count). The molecule has 204 valence electrons. The Bertz CT molecular complexity index is 1510. The number of para-hydroxylation sites is 1. The predicted molar refractivity (Wildman–Crippen MR) is 152 cm³/mol. The second-order valence-corrected chi connectivity index (χ2v) is 10.3. The van der Waals surface area contributed by atoms with Crippen LogP contribution in [0.4, 0.5) is 5.69 Å². The number of nitrogens with one attached hydrogen (secondary N) is 3. The normalized spacial score (nSPS) is 21.5. The van der Waals surface area contributed by atoms with Gasteiger partial charge in [-0.05, 0) is 56.5 Å². The third kappa shape index (κ3) is 5.72. The van der Waals surface area contributed by atoms with Crippen molar-refractivity contribution in [3.05, 3.63) is 94.4 Å². The van der Waals surface area contributed by atoms with E-state index in [0.29, 0.717) is 35.7 Å². The molecule has 3 aromatic rings. The molecular weight excluding hydrogens is 504 g/mol. The summed E-state index contributed by atoms with van der Waals surface area (Å²) in [6, 6.07) is 17.2. The standard InChI is InChI=1S/C31H32N6O3/c1-18(17-33-30-23-8-4-5-9-24(23)31(39)36-28-11-7-6-10-25(28)30)34-27-13-12-22(14-21(27)16-32)35-29(38)15-26-19(2)37-40-20(26)3/h4-13,18,21-22,30,33H,14-15,17H2,1-3H3,(H,35,38)(H,36,39). The highest BCUT2D eigenvalue weighted by Gasteiger charge is 2.28. The van der Waals surface area contributed by atoms with Crippen molar-refractivity contribution in [3.8, 4) is 6.07 Å². The van der Waals surface area contributed by atoms with Crippen LogP contribution < -0.4 is 16.0 Å². The van der Waals surface area contributed by atoms with E-state index in [1.807, 2.05) is 74.5 Å². The van der Waals surface area contributed by atoms with Gasteiger partial charge in [0.15, 0.2) is 0 Å². The number of carbonyl (C=O) groups is 2. The third-order valence-corrected chi connectivity index (χ3v) is 7.39. The lowest BCUT2D eigenvalue weighted by molar-refractivity contribution is -0.120. The summed E-state index contributed by atoms with van der Waals surface area (Å²) in [7, 11) is 0. The Hall–Kier alpha value is -4.55. The molecule has 40 heavy (non-hydrogen) atoms. The lowest BCUT2D eigenvalue weighted by Crippen LogP contribution is -2.39. The van der Waals surface area contributed by atoms with Crippen LogP contribution >= 0.6 is 0 Å². The maximum Gasteiger partial charge on any atom is 0.256 e. The van der Waals surface area contributed by atoms with Crippen LogP contribution in [-0.4, -0.2) is 41.3 Å². The summed E-state index contributed by atoms with van der Waals surface area (Å²) in [4.78, 5) is 30.3. The summed E-state index contributed by atoms with van der Waals surface area (Å²) in [5, 5.41) is 23.4. The number of carbonyl (C=O) groups excluding carboxylic acids is 2. The number of aryl methyl sites for hydroxylation is 2. The van der Waals surface area contributed by atoms with Gasteiger partial charge < -0.3 is 20.5 Å². The van der Waals surface area contributed by atoms with Crippen molar-refractivity contribution < 1.29 is 14.1 Å². The van der Waals surface area contributed by atoms with Crippen molar-refractivity contribution >= 4 is 23.2 Å². The van der Waals surface area contributed by atoms with Crippen LogP contribution in [0.5, 0.6) is 0 Å². The summed E-state index contributed by atoms with van der Waals surface area (Å²) in [6.45, 7) is 6.14. The largest absolute Gasteiger partial charge is 0.361 e. The number of benzene rings is 2. The minimum absolute atomic E-state index is 0.127. The Morgan fingerprint density at radius 2 is 1.95 bits per heavy atom. The van der Waals surface area contributed by atoms with Crippen LogP contribution in [0.2, 0.25) is 0 Å². The molecule has 9 nitrogen and oxygen atoms in total. The van der Waals surface area contributed by atoms with Crippen LogP contribution in [-0.2, 0) is 11.2 Å². The molecule has 0 spiro atoms. The number of nitriles is 1. The molecule has 0 fully saturated rings. The maximum absolute atomic E-state index is 12.9. The summed E-state index contributed by atoms with van der Waals surface area (Å²) >= 11 is 0. The first-order valence-electron chi connectivity index (χ1n) is 13.4. The zero-order valence-corrected chi connectivity index (χ0v) is 22.8. The van der Waals surface area contributed by atoms with E-state index in [0.717, 1.165) is 22.4 Å². The van der Waals surface area contributed by atoms with Gasteiger partial charge in [-0.2, -0.15) is 5.26 Å². The van der Waals surface area contributed by atoms with Gasteiger partial charge in [0.1, 0.15) is 5.76 Å². The van der Waals surface area contributed by atoms with Crippen molar-refractivity contribution in [2.24, 2.45) is 10.9 Å². The van der Waals surface area contributed by atoms with Gasteiger partial charge >= 0.3 is 0 Å². The average molecular weight is 537 g/mol. The summed E-state index contributed by atoms with van der Waals surface area (Å²) in [5.74, 6) is -0.0655. The Balaban J connectivity index is 1.27. The molecule has 1 aromatic heterocycles. The number of fused-ring (bicyclic) bond motifs is 2. The van der Waals surface area contributed by atoms with Crippen LogP contribution in [0, 0.1) is 31.1 Å². The number of anilines is 1. The third-order valence-electron chi connectivity index (χ3n) is 7.39. The molecule has 2 aliphatic rings. The first kappa shape index (κ1) is 27.0. The molecule has 0 saturated carbocycles. The molecule has 1 aliphatic carbocycles. The van der Waals surface area contributed by atoms with Crippen molar-refractivity contribution in [2.75, 3.05) is 11.9 Å². The van der Waals surface area contributed by atoms with Gasteiger partial charge in [-0.15, -0.1) is 0 Å². The molecule has 4 unspecified atom stereocenters. The zero-order chi connectivity index (χ0) is 28.2. The van der Waals surface area contributed by atoms with Crippen molar-refractivity contribution in [1.29, 1.82) is 5.26 Å². The van der Waals surface area contributed by atoms with E-state index in [9.17, 15) is 14.9 Å². The smallest absolute Gasteiger partial charge is 0.256 e. The van der Waals surface area contributed by atoms with E-state index in [1.165, 1.54) is 0 Å². The molecule has 0 radical (unpaired) electrons. The fraction of sp³-hybridized carbons (Fsp3) is 0.323. The summed E-state index contributed by atoms with van der Waals surface area (Å²) < 4.78 is 5.15. The first-order valence-corrected chi connectivity index (χ1v) is 13.4. The fourth-order valence-corrected chi connectivity index (χ4v) is 5.30. The molecule has 0 saturated heterocycles. The van der Waals surface area contributed by atoms with Gasteiger partial charge in [0.25, 0.3) is 5.91 Å². The van der Waals surface area contributed by atoms with E-state index >= 15 is 0 Å². The quantitative estimate of drug-likeness (QED) is 0.415. The number of amides is 2. The number of hydrogen-bond acceptors (Lipinski definition) is 7. The van der Waals surface area contributed by atoms with Crippen LogP contribution in [0.15, 0.2) is 70.2 Å². The maximum atomic E-state index is 12.9. The minimum Gasteiger partial charge on any atom is -0.361 e. The predicted octanol–water partition coefficient (Wildman–Crippen LogP) is 4.19. The SMILES string of the molecule is Cc1noc(C)c1CC(=O)NC1C=CC(=NC(C)CNC2c3ccccc3NC(=O)c3ccccc32)C(C#N)C1. The molecule has 2 heterocycles. The highest BCUT2D eigenvalue weighted by molar-refractivity contribution is 6.07. The number of allylic oxidation sites excluding steroid dienone is 1. The van der Waals surface area contributed by atoms with E-state index in [2.05, 4.69) is 27.2 Å². The van der Waals surface area contributed by atoms with Crippen LogP contribution in [0.3, 0.4) is 0 Å². The van der Waals surface area contributed by atoms with E-state index in [4.69, 9.17) is 9.52 Å². The Kier molecular flexibility index (Phi) is 7.89. The molecular formula is C31H32N6O3. The van der Waals surface area contributed by atoms with Gasteiger partial charge in [-0.1, -0.05) is 47.6 Å². The number of rotatable bonds is 7. The number of aromatic nitrogens is 1. The molecule has 3 N–H and O–H groups in total. The molecule has 1 aliphatic heterocycles. The van der Waals surface area contributed by atoms with Gasteiger partial charge in [-0.3, -0.25) is 14.6 Å². The highest BCUT2D eigenvalue weighted by Crippen LogP contribution is 2.34. The molecule has 0 bridgehead atoms. The molecule has 4 atom stereocenters. The minimum atomic E-state index is -0.432. The molecule has 9 heteroatoms. The van der Waals surface area contributed by atoms with Crippen LogP contribution in [0.1, 0.15) is 57.9 Å². The van der Waals surface area contributed by atoms with Gasteiger partial charge in [0, 0.05) is 29.4 Å². The number of hydrogen-bond donors (Lipinski definition) is 3. The number of aliphatic imine (C=N–C) groups is 1. The van der Waals surface area contributed by atoms with Crippen molar-refractivity contribution in [3.63, 3.8) is 0 Å². The van der Waals surface area contributed by atoms with Gasteiger partial charge in [-0.25, -0.2) is 0 Å². The zero-order valence-electron chi connectivity index (χ0n) is 22.8. The van der Waals surface area contributed by atoms with Gasteiger partial charge in [0.2, 0.25) is 5.91 Å². The summed E-state index contributed by atoms with van der Waals surface area (Å²) in [6.07, 6.45) is 4.37. The van der Waals surface area contributed by atoms with E-state index in [1.54, 1.807) is 6.92 Å². The second-order valence-electron chi connectivity index (χ2n) is 10.3. The lowest BCUT2D eigenvalue weighted by Gasteiger charge is -2.25. The van der Waals surface area contributed by atoms with Crippen LogP contribution in [0.25, 0.3) is 0 Å². The first-order chi connectivity index (χ1) is 19.3. The topological polar surface area (TPSA) is 132 Å².